The summed E-state index contributed by atoms with van der Waals surface area (Å²) < 4.78 is 24.4. The molecule has 0 radical (unpaired) electrons. The molecule has 0 saturated heterocycles. The molecule has 28 heavy (non-hydrogen) atoms. The summed E-state index contributed by atoms with van der Waals surface area (Å²) >= 11 is 0. The maximum atomic E-state index is 13.1. The van der Waals surface area contributed by atoms with E-state index in [1.165, 1.54) is 12.1 Å². The van der Waals surface area contributed by atoms with Gasteiger partial charge in [0.1, 0.15) is 17.3 Å². The Balaban J connectivity index is 1.79. The topological polar surface area (TPSA) is 42.7 Å². The van der Waals surface area contributed by atoms with Gasteiger partial charge in [-0.3, -0.25) is 4.79 Å². The summed E-state index contributed by atoms with van der Waals surface area (Å²) in [5.74, 6) is 1.27. The molecule has 4 nitrogen and oxygen atoms in total. The van der Waals surface area contributed by atoms with Crippen molar-refractivity contribution in [2.24, 2.45) is 0 Å². The lowest BCUT2D eigenvalue weighted by Gasteiger charge is -2.25. The minimum absolute atomic E-state index is 0.0254. The molecular formula is C23H24FNO3. The zero-order valence-electron chi connectivity index (χ0n) is 16.1. The predicted molar refractivity (Wildman–Crippen MR) is 106 cm³/mol. The molecule has 2 aromatic carbocycles. The van der Waals surface area contributed by atoms with Crippen molar-refractivity contribution < 1.29 is 18.3 Å². The molecule has 1 heterocycles. The monoisotopic (exact) mass is 381 g/mol. The van der Waals surface area contributed by atoms with E-state index in [-0.39, 0.29) is 17.6 Å². The van der Waals surface area contributed by atoms with Crippen LogP contribution in [0.1, 0.15) is 36.1 Å². The highest BCUT2D eigenvalue weighted by Crippen LogP contribution is 2.34. The minimum atomic E-state index is -0.285. The van der Waals surface area contributed by atoms with Crippen LogP contribution < -0.4 is 4.74 Å². The van der Waals surface area contributed by atoms with E-state index in [0.717, 1.165) is 22.6 Å². The Hall–Kier alpha value is -3.08. The Bertz CT molecular complexity index is 890. The molecule has 1 aromatic heterocycles. The fraction of sp³-hybridized carbons (Fsp3) is 0.261. The molecule has 3 rings (SSSR count). The first-order valence-electron chi connectivity index (χ1n) is 9.24. The van der Waals surface area contributed by atoms with E-state index in [4.69, 9.17) is 9.15 Å². The van der Waals surface area contributed by atoms with Crippen LogP contribution in [0.15, 0.2) is 71.3 Å². The average Bonchev–Trinajstić information content (AvgIpc) is 3.23. The van der Waals surface area contributed by atoms with Gasteiger partial charge in [0.05, 0.1) is 13.4 Å². The first kappa shape index (κ1) is 19.7. The van der Waals surface area contributed by atoms with Gasteiger partial charge in [0.25, 0.3) is 0 Å². The maximum Gasteiger partial charge on any atom is 0.219 e. The molecule has 5 heteroatoms. The number of methoxy groups -OCH3 is 1. The maximum absolute atomic E-state index is 13.1. The van der Waals surface area contributed by atoms with Crippen LogP contribution in [0.5, 0.6) is 5.75 Å². The second kappa shape index (κ2) is 9.22. The van der Waals surface area contributed by atoms with Crippen LogP contribution in [0.2, 0.25) is 0 Å². The van der Waals surface area contributed by atoms with Crippen molar-refractivity contribution in [3.63, 3.8) is 0 Å². The summed E-state index contributed by atoms with van der Waals surface area (Å²) in [5.41, 5.74) is 1.91. The quantitative estimate of drug-likeness (QED) is 0.552. The van der Waals surface area contributed by atoms with E-state index < -0.39 is 0 Å². The molecule has 0 aliphatic carbocycles. The number of rotatable bonds is 8. The number of ether oxygens (including phenoxy) is 1. The Labute approximate surface area is 164 Å². The average molecular weight is 381 g/mol. The number of carbonyl (C=O) groups excluding carboxylic acids is 1. The lowest BCUT2D eigenvalue weighted by Crippen LogP contribution is -2.30. The third kappa shape index (κ3) is 4.80. The number of furan rings is 1. The van der Waals surface area contributed by atoms with E-state index in [9.17, 15) is 9.18 Å². The molecule has 1 amide bonds. The molecular weight excluding hydrogens is 357 g/mol. The van der Waals surface area contributed by atoms with Crippen molar-refractivity contribution in [1.82, 2.24) is 4.90 Å². The molecule has 0 bridgehead atoms. The Kier molecular flexibility index (Phi) is 6.48. The molecule has 0 saturated carbocycles. The number of amides is 1. The molecule has 0 N–H and O–H groups in total. The van der Waals surface area contributed by atoms with Crippen molar-refractivity contribution in [3.8, 4) is 5.75 Å². The Morgan fingerprint density at radius 2 is 1.86 bits per heavy atom. The summed E-state index contributed by atoms with van der Waals surface area (Å²) in [7, 11) is 1.65. The van der Waals surface area contributed by atoms with Crippen LogP contribution in [0.25, 0.3) is 0 Å². The number of carbonyl (C=O) groups is 1. The molecule has 3 aromatic rings. The molecule has 0 spiro atoms. The number of hydrogen-bond donors (Lipinski definition) is 0. The normalized spacial score (nSPS) is 11.8. The van der Waals surface area contributed by atoms with Gasteiger partial charge >= 0.3 is 0 Å². The van der Waals surface area contributed by atoms with Gasteiger partial charge in [0.15, 0.2) is 0 Å². The van der Waals surface area contributed by atoms with Crippen molar-refractivity contribution >= 4 is 5.91 Å². The molecule has 0 aliphatic heterocycles. The lowest BCUT2D eigenvalue weighted by molar-refractivity contribution is -0.129. The number of halogens is 1. The Morgan fingerprint density at radius 3 is 2.50 bits per heavy atom. The highest BCUT2D eigenvalue weighted by atomic mass is 19.1. The molecule has 0 fully saturated rings. The van der Waals surface area contributed by atoms with Crippen LogP contribution in [0.3, 0.4) is 0 Å². The SMILES string of the molecule is COc1ccccc1C(CCN(Cc1ccc(F)cc1)C(C)=O)c1ccco1. The van der Waals surface area contributed by atoms with Crippen molar-refractivity contribution in [3.05, 3.63) is 89.6 Å². The van der Waals surface area contributed by atoms with Crippen LogP contribution in [-0.4, -0.2) is 24.5 Å². The zero-order valence-corrected chi connectivity index (χ0v) is 16.1. The van der Waals surface area contributed by atoms with Crippen LogP contribution in [0, 0.1) is 5.82 Å². The van der Waals surface area contributed by atoms with Crippen molar-refractivity contribution in [2.75, 3.05) is 13.7 Å². The minimum Gasteiger partial charge on any atom is -0.496 e. The van der Waals surface area contributed by atoms with Gasteiger partial charge in [-0.15, -0.1) is 0 Å². The van der Waals surface area contributed by atoms with Gasteiger partial charge in [0.2, 0.25) is 5.91 Å². The summed E-state index contributed by atoms with van der Waals surface area (Å²) in [6.07, 6.45) is 2.33. The summed E-state index contributed by atoms with van der Waals surface area (Å²) in [6, 6.07) is 17.9. The van der Waals surface area contributed by atoms with Crippen LogP contribution >= 0.6 is 0 Å². The van der Waals surface area contributed by atoms with E-state index in [0.29, 0.717) is 19.5 Å². The van der Waals surface area contributed by atoms with Gasteiger partial charge in [-0.2, -0.15) is 0 Å². The molecule has 146 valence electrons. The van der Waals surface area contributed by atoms with Crippen LogP contribution in [0.4, 0.5) is 4.39 Å². The number of hydrogen-bond acceptors (Lipinski definition) is 3. The number of nitrogens with zero attached hydrogens (tertiary/aromatic N) is 1. The van der Waals surface area contributed by atoms with E-state index in [1.54, 1.807) is 37.3 Å². The Morgan fingerprint density at radius 1 is 1.11 bits per heavy atom. The fourth-order valence-electron chi connectivity index (χ4n) is 3.34. The summed E-state index contributed by atoms with van der Waals surface area (Å²) in [4.78, 5) is 13.9. The first-order valence-corrected chi connectivity index (χ1v) is 9.24. The van der Waals surface area contributed by atoms with Crippen molar-refractivity contribution in [1.29, 1.82) is 0 Å². The predicted octanol–water partition coefficient (Wildman–Crippen LogP) is 5.00. The smallest absolute Gasteiger partial charge is 0.219 e. The van der Waals surface area contributed by atoms with Gasteiger partial charge in [-0.05, 0) is 42.3 Å². The van der Waals surface area contributed by atoms with E-state index >= 15 is 0 Å². The highest BCUT2D eigenvalue weighted by molar-refractivity contribution is 5.73. The standard InChI is InChI=1S/C23H24FNO3/c1-17(26)25(16-18-9-11-19(24)12-10-18)14-13-21(23-8-5-15-28-23)20-6-3-4-7-22(20)27-2/h3-12,15,21H,13-14,16H2,1-2H3. The number of para-hydroxylation sites is 1. The zero-order chi connectivity index (χ0) is 19.9. The van der Waals surface area contributed by atoms with E-state index in [2.05, 4.69) is 0 Å². The van der Waals surface area contributed by atoms with Gasteiger partial charge in [-0.25, -0.2) is 4.39 Å². The third-order valence-electron chi connectivity index (χ3n) is 4.82. The molecule has 1 atom stereocenters. The van der Waals surface area contributed by atoms with Crippen molar-refractivity contribution in [2.45, 2.75) is 25.8 Å². The summed E-state index contributed by atoms with van der Waals surface area (Å²) in [5, 5.41) is 0. The first-order chi connectivity index (χ1) is 13.6. The van der Waals surface area contributed by atoms with Crippen LogP contribution in [-0.2, 0) is 11.3 Å². The van der Waals surface area contributed by atoms with Gasteiger partial charge in [-0.1, -0.05) is 30.3 Å². The third-order valence-corrected chi connectivity index (χ3v) is 4.82. The molecule has 1 unspecified atom stereocenters. The fourth-order valence-corrected chi connectivity index (χ4v) is 3.34. The second-order valence-electron chi connectivity index (χ2n) is 6.67. The molecule has 0 aliphatic rings. The largest absolute Gasteiger partial charge is 0.496 e. The lowest BCUT2D eigenvalue weighted by atomic mass is 9.92. The van der Waals surface area contributed by atoms with Gasteiger partial charge < -0.3 is 14.1 Å². The number of benzene rings is 2. The second-order valence-corrected chi connectivity index (χ2v) is 6.67. The highest BCUT2D eigenvalue weighted by Gasteiger charge is 2.22. The summed E-state index contributed by atoms with van der Waals surface area (Å²) in [6.45, 7) is 2.52. The van der Waals surface area contributed by atoms with Gasteiger partial charge in [0, 0.05) is 31.5 Å². The van der Waals surface area contributed by atoms with E-state index in [1.807, 2.05) is 36.4 Å².